The van der Waals surface area contributed by atoms with Crippen molar-refractivity contribution in [3.8, 4) is 5.69 Å². The van der Waals surface area contributed by atoms with Crippen LogP contribution in [-0.2, 0) is 32.5 Å². The summed E-state index contributed by atoms with van der Waals surface area (Å²) in [5.74, 6) is -2.05. The second-order valence-corrected chi connectivity index (χ2v) is 14.1. The van der Waals surface area contributed by atoms with Gasteiger partial charge in [-0.05, 0) is 61.7 Å². The number of benzene rings is 3. The molecule has 0 fully saturated rings. The first-order valence-corrected chi connectivity index (χ1v) is 17.8. The molecule has 5 rings (SSSR count). The molecule has 0 saturated carbocycles. The predicted molar refractivity (Wildman–Crippen MR) is 188 cm³/mol. The van der Waals surface area contributed by atoms with Gasteiger partial charge in [0, 0.05) is 42.6 Å². The van der Waals surface area contributed by atoms with E-state index in [9.17, 15) is 22.8 Å². The summed E-state index contributed by atoms with van der Waals surface area (Å²) in [7, 11) is -2.39. The molecule has 2 unspecified atom stereocenters. The molecular weight excluding hydrogens is 643 g/mol. The van der Waals surface area contributed by atoms with Gasteiger partial charge in [0.05, 0.1) is 23.8 Å². The second-order valence-electron chi connectivity index (χ2n) is 12.3. The predicted octanol–water partition coefficient (Wildman–Crippen LogP) is 4.02. The van der Waals surface area contributed by atoms with Gasteiger partial charge in [-0.25, -0.2) is 13.1 Å². The Hall–Kier alpha value is -5.30. The molecule has 2 atom stereocenters. The van der Waals surface area contributed by atoms with Crippen molar-refractivity contribution in [2.24, 2.45) is 0 Å². The van der Waals surface area contributed by atoms with Crippen molar-refractivity contribution in [3.63, 3.8) is 0 Å². The summed E-state index contributed by atoms with van der Waals surface area (Å²) in [6.07, 6.45) is 6.17. The second kappa shape index (κ2) is 15.3. The first-order chi connectivity index (χ1) is 23.4. The lowest BCUT2D eigenvalue weighted by molar-refractivity contribution is -0.130. The highest BCUT2D eigenvalue weighted by atomic mass is 32.2. The Balaban J connectivity index is 1.47. The number of amides is 3. The molecule has 0 aliphatic carbocycles. The Kier molecular flexibility index (Phi) is 10.9. The van der Waals surface area contributed by atoms with Crippen molar-refractivity contribution in [3.05, 3.63) is 113 Å². The third kappa shape index (κ3) is 8.79. The van der Waals surface area contributed by atoms with Crippen LogP contribution in [0.4, 0.5) is 0 Å². The van der Waals surface area contributed by atoms with Gasteiger partial charge in [-0.3, -0.25) is 19.1 Å². The van der Waals surface area contributed by atoms with Crippen molar-refractivity contribution < 1.29 is 22.8 Å². The van der Waals surface area contributed by atoms with E-state index in [2.05, 4.69) is 25.3 Å². The van der Waals surface area contributed by atoms with Crippen LogP contribution in [0.3, 0.4) is 0 Å². The molecule has 0 aliphatic rings. The van der Waals surface area contributed by atoms with E-state index in [1.54, 1.807) is 42.5 Å². The zero-order chi connectivity index (χ0) is 35.1. The molecule has 3 aromatic carbocycles. The Morgan fingerprint density at radius 2 is 1.67 bits per heavy atom. The number of aromatic nitrogens is 4. The molecule has 0 spiro atoms. The van der Waals surface area contributed by atoms with E-state index in [0.29, 0.717) is 18.4 Å². The number of aryl methyl sites for hydroxylation is 2. The van der Waals surface area contributed by atoms with Gasteiger partial charge < -0.3 is 15.2 Å². The van der Waals surface area contributed by atoms with E-state index < -0.39 is 33.9 Å². The Morgan fingerprint density at radius 1 is 0.959 bits per heavy atom. The van der Waals surface area contributed by atoms with Gasteiger partial charge in [-0.1, -0.05) is 66.1 Å². The highest BCUT2D eigenvalue weighted by Gasteiger charge is 2.33. The van der Waals surface area contributed by atoms with Gasteiger partial charge in [0.1, 0.15) is 12.1 Å². The number of carbonyl (C=O) groups is 3. The number of nitrogens with zero attached hydrogens (tertiary/aromatic N) is 4. The van der Waals surface area contributed by atoms with Crippen LogP contribution in [0.15, 0.2) is 85.3 Å². The number of carbonyl (C=O) groups excluding carboxylic acids is 3. The van der Waals surface area contributed by atoms with Crippen LogP contribution in [0, 0.1) is 13.8 Å². The van der Waals surface area contributed by atoms with E-state index in [4.69, 9.17) is 0 Å². The number of aromatic amines is 1. The van der Waals surface area contributed by atoms with Crippen molar-refractivity contribution in [2.45, 2.75) is 58.5 Å². The maximum absolute atomic E-state index is 14.3. The summed E-state index contributed by atoms with van der Waals surface area (Å²) in [5.41, 5.74) is 5.31. The minimum absolute atomic E-state index is 0.0128. The van der Waals surface area contributed by atoms with E-state index in [1.807, 2.05) is 75.4 Å². The van der Waals surface area contributed by atoms with E-state index >= 15 is 0 Å². The number of unbranched alkanes of at least 4 members (excludes halogenated alkanes) is 1. The summed E-state index contributed by atoms with van der Waals surface area (Å²) in [6, 6.07) is 18.0. The number of hydrogen-bond acceptors (Lipinski definition) is 7. The van der Waals surface area contributed by atoms with Gasteiger partial charge in [0.25, 0.3) is 11.8 Å². The van der Waals surface area contributed by atoms with Crippen LogP contribution < -0.4 is 10.0 Å². The number of sulfonamides is 1. The third-order valence-electron chi connectivity index (χ3n) is 8.37. The highest BCUT2D eigenvalue weighted by molar-refractivity contribution is 7.90. The maximum Gasteiger partial charge on any atom is 0.256 e. The van der Waals surface area contributed by atoms with Crippen LogP contribution in [0.25, 0.3) is 16.6 Å². The van der Waals surface area contributed by atoms with Gasteiger partial charge in [-0.2, -0.15) is 0 Å². The molecule has 13 heteroatoms. The third-order valence-corrected chi connectivity index (χ3v) is 9.70. The number of rotatable bonds is 14. The number of para-hydroxylation sites is 1. The van der Waals surface area contributed by atoms with Crippen LogP contribution in [0.1, 0.15) is 52.4 Å². The molecule has 49 heavy (non-hydrogen) atoms. The summed E-state index contributed by atoms with van der Waals surface area (Å²) in [4.78, 5) is 46.3. The summed E-state index contributed by atoms with van der Waals surface area (Å²) < 4.78 is 29.3. The number of likely N-dealkylation sites (N-methyl/N-ethyl adjacent to an activating group) is 1. The topological polar surface area (TPSA) is 159 Å². The Labute approximate surface area is 286 Å². The van der Waals surface area contributed by atoms with Crippen LogP contribution in [0.5, 0.6) is 0 Å². The average Bonchev–Trinajstić information content (AvgIpc) is 3.76. The van der Waals surface area contributed by atoms with Crippen molar-refractivity contribution in [2.75, 3.05) is 12.8 Å². The van der Waals surface area contributed by atoms with Crippen LogP contribution in [-0.4, -0.2) is 75.9 Å². The van der Waals surface area contributed by atoms with Crippen molar-refractivity contribution in [1.29, 1.82) is 0 Å². The molecular formula is C36H41N7O5S. The first kappa shape index (κ1) is 35.0. The first-order valence-electron chi connectivity index (χ1n) is 16.1. The molecule has 3 N–H and O–H groups in total. The fourth-order valence-electron chi connectivity index (χ4n) is 5.81. The molecule has 2 heterocycles. The largest absolute Gasteiger partial charge is 0.361 e. The lowest BCUT2D eigenvalue weighted by atomic mass is 10.00. The molecule has 5 aromatic rings. The van der Waals surface area contributed by atoms with Crippen molar-refractivity contribution in [1.82, 2.24) is 34.9 Å². The van der Waals surface area contributed by atoms with Gasteiger partial charge in [0.2, 0.25) is 15.9 Å². The normalized spacial score (nSPS) is 12.7. The summed E-state index contributed by atoms with van der Waals surface area (Å²) in [5, 5.41) is 11.5. The number of nitrogens with one attached hydrogen (secondary N) is 3. The lowest BCUT2D eigenvalue weighted by Crippen LogP contribution is -2.56. The molecule has 2 aromatic heterocycles. The van der Waals surface area contributed by atoms with Crippen LogP contribution >= 0.6 is 0 Å². The molecule has 0 radical (unpaired) electrons. The fraction of sp³-hybridized carbons (Fsp3) is 0.306. The summed E-state index contributed by atoms with van der Waals surface area (Å²) in [6.45, 7) is 5.65. The SMILES string of the molecule is CCCCS(=O)(=O)NC(=O)C(Cc1c[nH]c2ccccc12)NC(=O)C(Cc1ccc(-n2ccnn2)cc1)N(C)C(=O)c1cc(C)cc(C)c1. The van der Waals surface area contributed by atoms with E-state index in [-0.39, 0.29) is 24.5 Å². The van der Waals surface area contributed by atoms with Gasteiger partial charge >= 0.3 is 0 Å². The monoisotopic (exact) mass is 683 g/mol. The minimum Gasteiger partial charge on any atom is -0.361 e. The van der Waals surface area contributed by atoms with Gasteiger partial charge in [0.15, 0.2) is 0 Å². The zero-order valence-electron chi connectivity index (χ0n) is 28.0. The molecule has 0 bridgehead atoms. The molecule has 256 valence electrons. The highest BCUT2D eigenvalue weighted by Crippen LogP contribution is 2.21. The quantitative estimate of drug-likeness (QED) is 0.159. The van der Waals surface area contributed by atoms with E-state index in [0.717, 1.165) is 38.8 Å². The fourth-order valence-corrected chi connectivity index (χ4v) is 7.03. The summed E-state index contributed by atoms with van der Waals surface area (Å²) >= 11 is 0. The number of hydrogen-bond donors (Lipinski definition) is 3. The Bertz CT molecular complexity index is 2020. The molecule has 0 aliphatic heterocycles. The lowest BCUT2D eigenvalue weighted by Gasteiger charge is -2.29. The number of fused-ring (bicyclic) bond motifs is 1. The standard InChI is InChI=1S/C36H41N7O5S/c1-5-6-17-49(47,48)40-34(44)32(22-28-23-37-31-10-8-7-9-30(28)31)39-35(45)33(42(4)36(46)27-19-24(2)18-25(3)20-27)21-26-11-13-29(14-12-26)43-16-15-38-41-43/h7-16,18-20,23,32-33,37H,5-6,17,21-22H2,1-4H3,(H,39,45)(H,40,44). The number of H-pyrrole nitrogens is 1. The molecule has 0 saturated heterocycles. The Morgan fingerprint density at radius 3 is 2.35 bits per heavy atom. The van der Waals surface area contributed by atoms with Gasteiger partial charge in [-0.15, -0.1) is 5.10 Å². The van der Waals surface area contributed by atoms with Crippen LogP contribution in [0.2, 0.25) is 0 Å². The zero-order valence-corrected chi connectivity index (χ0v) is 28.8. The minimum atomic E-state index is -3.95. The van der Waals surface area contributed by atoms with E-state index in [1.165, 1.54) is 4.90 Å². The van der Waals surface area contributed by atoms with Crippen molar-refractivity contribution >= 4 is 38.6 Å². The molecule has 3 amide bonds. The smallest absolute Gasteiger partial charge is 0.256 e. The average molecular weight is 684 g/mol. The molecule has 12 nitrogen and oxygen atoms in total. The maximum atomic E-state index is 14.3.